The van der Waals surface area contributed by atoms with Gasteiger partial charge in [0.1, 0.15) is 5.54 Å². The molecule has 1 aromatic carbocycles. The van der Waals surface area contributed by atoms with Crippen LogP contribution in [0.2, 0.25) is 0 Å². The van der Waals surface area contributed by atoms with Gasteiger partial charge in [0.2, 0.25) is 0 Å². The molecular formula is C18H20N2O3S. The van der Waals surface area contributed by atoms with E-state index in [1.165, 1.54) is 17.5 Å². The molecule has 3 aliphatic rings. The second-order valence-electron chi connectivity index (χ2n) is 6.82. The van der Waals surface area contributed by atoms with E-state index < -0.39 is 11.6 Å². The number of fused-ring (bicyclic) bond motifs is 1. The highest BCUT2D eigenvalue weighted by atomic mass is 32.2. The molecule has 2 heterocycles. The van der Waals surface area contributed by atoms with E-state index in [4.69, 9.17) is 0 Å². The van der Waals surface area contributed by atoms with Crippen LogP contribution in [0.15, 0.2) is 18.2 Å². The minimum atomic E-state index is -0.780. The fourth-order valence-electron chi connectivity index (χ4n) is 3.79. The number of carbonyl (C=O) groups is 3. The Kier molecular flexibility index (Phi) is 3.87. The van der Waals surface area contributed by atoms with E-state index in [9.17, 15) is 14.4 Å². The first-order valence-electron chi connectivity index (χ1n) is 8.46. The number of thioether (sulfide) groups is 1. The highest BCUT2D eigenvalue weighted by Crippen LogP contribution is 2.33. The zero-order valence-corrected chi connectivity index (χ0v) is 14.3. The maximum Gasteiger partial charge on any atom is 0.325 e. The van der Waals surface area contributed by atoms with Gasteiger partial charge in [-0.1, -0.05) is 12.1 Å². The Hall–Kier alpha value is -1.82. The molecule has 1 aromatic rings. The summed E-state index contributed by atoms with van der Waals surface area (Å²) in [7, 11) is 0. The molecule has 0 saturated carbocycles. The Morgan fingerprint density at radius 1 is 1.21 bits per heavy atom. The molecule has 0 bridgehead atoms. The Labute approximate surface area is 145 Å². The molecule has 5 nitrogen and oxygen atoms in total. The predicted octanol–water partition coefficient (Wildman–Crippen LogP) is 2.18. The van der Waals surface area contributed by atoms with Crippen LogP contribution in [0.5, 0.6) is 0 Å². The predicted molar refractivity (Wildman–Crippen MR) is 92.3 cm³/mol. The normalized spacial score (nSPS) is 25.9. The molecule has 1 spiro atoms. The third-order valence-electron chi connectivity index (χ3n) is 5.24. The Morgan fingerprint density at radius 3 is 2.75 bits per heavy atom. The number of carbonyl (C=O) groups excluding carboxylic acids is 3. The summed E-state index contributed by atoms with van der Waals surface area (Å²) in [5, 5.41) is 2.80. The summed E-state index contributed by atoms with van der Waals surface area (Å²) in [6, 6.07) is 5.35. The van der Waals surface area contributed by atoms with Crippen molar-refractivity contribution in [2.45, 2.75) is 37.6 Å². The van der Waals surface area contributed by atoms with Gasteiger partial charge >= 0.3 is 6.03 Å². The third kappa shape index (κ3) is 2.53. The molecule has 4 rings (SSSR count). The lowest BCUT2D eigenvalue weighted by Gasteiger charge is -2.19. The summed E-state index contributed by atoms with van der Waals surface area (Å²) in [6.07, 6.45) is 5.06. The number of Topliss-reactive ketones (excluding diaryl/α,β-unsaturated/α-hetero) is 1. The van der Waals surface area contributed by atoms with Gasteiger partial charge in [-0.15, -0.1) is 0 Å². The molecular weight excluding hydrogens is 324 g/mol. The summed E-state index contributed by atoms with van der Waals surface area (Å²) in [4.78, 5) is 38.5. The van der Waals surface area contributed by atoms with Crippen molar-refractivity contribution in [1.29, 1.82) is 0 Å². The molecule has 24 heavy (non-hydrogen) atoms. The smallest absolute Gasteiger partial charge is 0.322 e. The van der Waals surface area contributed by atoms with Crippen LogP contribution in [0.4, 0.5) is 4.79 Å². The van der Waals surface area contributed by atoms with Crippen LogP contribution in [-0.2, 0) is 17.6 Å². The standard InChI is InChI=1S/C18H20N2O3S/c21-15(14-6-5-12-3-1-2-4-13(12)9-14)10-20-16(22)18(19-17(20)23)7-8-24-11-18/h5-6,9H,1-4,7-8,10-11H2,(H,19,23)/t18-/m0/s1. The van der Waals surface area contributed by atoms with E-state index in [2.05, 4.69) is 5.32 Å². The van der Waals surface area contributed by atoms with Gasteiger partial charge in [-0.25, -0.2) is 4.79 Å². The van der Waals surface area contributed by atoms with Crippen LogP contribution in [0.3, 0.4) is 0 Å². The molecule has 3 amide bonds. The second-order valence-corrected chi connectivity index (χ2v) is 7.93. The van der Waals surface area contributed by atoms with Crippen LogP contribution in [0.1, 0.15) is 40.7 Å². The average molecular weight is 344 g/mol. The molecule has 6 heteroatoms. The molecule has 2 saturated heterocycles. The minimum Gasteiger partial charge on any atom is -0.322 e. The Morgan fingerprint density at radius 2 is 2.00 bits per heavy atom. The van der Waals surface area contributed by atoms with Gasteiger partial charge in [-0.05, 0) is 55.1 Å². The number of imide groups is 1. The fraction of sp³-hybridized carbons (Fsp3) is 0.500. The Balaban J connectivity index is 1.52. The van der Waals surface area contributed by atoms with Gasteiger partial charge in [0, 0.05) is 11.3 Å². The van der Waals surface area contributed by atoms with Crippen molar-refractivity contribution in [2.75, 3.05) is 18.1 Å². The number of hydrogen-bond donors (Lipinski definition) is 1. The molecule has 0 unspecified atom stereocenters. The topological polar surface area (TPSA) is 66.5 Å². The quantitative estimate of drug-likeness (QED) is 0.674. The minimum absolute atomic E-state index is 0.171. The van der Waals surface area contributed by atoms with Crippen LogP contribution >= 0.6 is 11.8 Å². The lowest BCUT2D eigenvalue weighted by atomic mass is 9.89. The van der Waals surface area contributed by atoms with Crippen molar-refractivity contribution in [1.82, 2.24) is 10.2 Å². The van der Waals surface area contributed by atoms with Crippen LogP contribution in [-0.4, -0.2) is 46.2 Å². The average Bonchev–Trinajstić information content (AvgIpc) is 3.15. The largest absolute Gasteiger partial charge is 0.325 e. The number of rotatable bonds is 3. The first kappa shape index (κ1) is 15.7. The van der Waals surface area contributed by atoms with E-state index in [1.807, 2.05) is 18.2 Å². The van der Waals surface area contributed by atoms with Gasteiger partial charge in [0.15, 0.2) is 5.78 Å². The SMILES string of the molecule is O=C(CN1C(=O)N[C@]2(CCSC2)C1=O)c1ccc2c(c1)CCCC2. The van der Waals surface area contributed by atoms with Gasteiger partial charge in [0.05, 0.1) is 6.54 Å². The molecule has 1 N–H and O–H groups in total. The molecule has 1 aliphatic carbocycles. The van der Waals surface area contributed by atoms with Crippen molar-refractivity contribution in [3.63, 3.8) is 0 Å². The van der Waals surface area contributed by atoms with Gasteiger partial charge in [0.25, 0.3) is 5.91 Å². The van der Waals surface area contributed by atoms with Gasteiger partial charge in [-0.2, -0.15) is 11.8 Å². The monoisotopic (exact) mass is 344 g/mol. The third-order valence-corrected chi connectivity index (χ3v) is 6.43. The molecule has 1 atom stereocenters. The van der Waals surface area contributed by atoms with E-state index in [1.54, 1.807) is 11.8 Å². The summed E-state index contributed by atoms with van der Waals surface area (Å²) >= 11 is 1.66. The number of hydrogen-bond acceptors (Lipinski definition) is 4. The van der Waals surface area contributed by atoms with Crippen molar-refractivity contribution in [3.8, 4) is 0 Å². The van der Waals surface area contributed by atoms with Crippen molar-refractivity contribution in [3.05, 3.63) is 34.9 Å². The lowest BCUT2D eigenvalue weighted by Crippen LogP contribution is -2.47. The van der Waals surface area contributed by atoms with Crippen molar-refractivity contribution >= 4 is 29.5 Å². The Bertz CT molecular complexity index is 725. The number of aryl methyl sites for hydroxylation is 2. The van der Waals surface area contributed by atoms with Crippen LogP contribution in [0.25, 0.3) is 0 Å². The summed E-state index contributed by atoms with van der Waals surface area (Å²) < 4.78 is 0. The molecule has 0 radical (unpaired) electrons. The number of nitrogens with zero attached hydrogens (tertiary/aromatic N) is 1. The van der Waals surface area contributed by atoms with Gasteiger partial charge in [-0.3, -0.25) is 14.5 Å². The number of urea groups is 1. The van der Waals surface area contributed by atoms with Crippen molar-refractivity contribution < 1.29 is 14.4 Å². The summed E-state index contributed by atoms with van der Waals surface area (Å²) in [5.74, 6) is 1.04. The van der Waals surface area contributed by atoms with E-state index in [-0.39, 0.29) is 18.2 Å². The van der Waals surface area contributed by atoms with Crippen LogP contribution < -0.4 is 5.32 Å². The van der Waals surface area contributed by atoms with E-state index in [0.29, 0.717) is 17.7 Å². The lowest BCUT2D eigenvalue weighted by molar-refractivity contribution is -0.130. The summed E-state index contributed by atoms with van der Waals surface area (Å²) in [6.45, 7) is -0.171. The molecule has 126 valence electrons. The zero-order chi connectivity index (χ0) is 16.7. The number of nitrogens with one attached hydrogen (secondary N) is 1. The first-order valence-corrected chi connectivity index (χ1v) is 9.61. The first-order chi connectivity index (χ1) is 11.6. The highest BCUT2D eigenvalue weighted by Gasteiger charge is 2.53. The fourth-order valence-corrected chi connectivity index (χ4v) is 5.12. The van der Waals surface area contributed by atoms with E-state index >= 15 is 0 Å². The number of ketones is 1. The second kappa shape index (κ2) is 5.92. The zero-order valence-electron chi connectivity index (χ0n) is 13.5. The van der Waals surface area contributed by atoms with Crippen molar-refractivity contribution in [2.24, 2.45) is 0 Å². The summed E-state index contributed by atoms with van der Waals surface area (Å²) in [5.41, 5.74) is 2.36. The van der Waals surface area contributed by atoms with Gasteiger partial charge < -0.3 is 5.32 Å². The number of benzene rings is 1. The highest BCUT2D eigenvalue weighted by molar-refractivity contribution is 7.99. The molecule has 2 aliphatic heterocycles. The maximum absolute atomic E-state index is 12.6. The number of amides is 3. The maximum atomic E-state index is 12.6. The van der Waals surface area contributed by atoms with E-state index in [0.717, 1.165) is 29.9 Å². The van der Waals surface area contributed by atoms with Crippen LogP contribution in [0, 0.1) is 0 Å². The molecule has 0 aromatic heterocycles. The molecule has 2 fully saturated rings.